The third-order valence-electron chi connectivity index (χ3n) is 5.41. The van der Waals surface area contributed by atoms with Crippen LogP contribution in [0.2, 0.25) is 0 Å². The Bertz CT molecular complexity index is 1050. The number of carbonyl (C=O) groups excluding carboxylic acids is 2. The van der Waals surface area contributed by atoms with Gasteiger partial charge in [-0.25, -0.2) is 4.39 Å². The molecule has 0 bridgehead atoms. The third kappa shape index (κ3) is 3.09. The van der Waals surface area contributed by atoms with Crippen LogP contribution in [0.5, 0.6) is 0 Å². The molecule has 3 aromatic carbocycles. The van der Waals surface area contributed by atoms with Gasteiger partial charge in [-0.15, -0.1) is 0 Å². The second-order valence-corrected chi connectivity index (χ2v) is 7.04. The van der Waals surface area contributed by atoms with E-state index in [1.54, 1.807) is 36.4 Å². The van der Waals surface area contributed by atoms with Gasteiger partial charge in [0.1, 0.15) is 11.2 Å². The second kappa shape index (κ2) is 7.51. The number of carbonyl (C=O) groups is 2. The molecule has 0 fully saturated rings. The van der Waals surface area contributed by atoms with Crippen molar-refractivity contribution in [1.29, 1.82) is 0 Å². The fourth-order valence-electron chi connectivity index (χ4n) is 4.06. The van der Waals surface area contributed by atoms with E-state index in [9.17, 15) is 14.0 Å². The lowest BCUT2D eigenvalue weighted by molar-refractivity contribution is -0.143. The number of rotatable bonds is 5. The fraction of sp³-hybridized carbons (Fsp3) is 0.167. The van der Waals surface area contributed by atoms with E-state index >= 15 is 0 Å². The SMILES string of the molecule is COC(=O)C[C@@]1(c2ccccc2)C(=O)N(Cc2ccccc2)c2c(F)cccc21. The number of halogens is 1. The first-order valence-corrected chi connectivity index (χ1v) is 9.35. The maximum atomic E-state index is 15.0. The van der Waals surface area contributed by atoms with Crippen LogP contribution in [-0.2, 0) is 26.3 Å². The lowest BCUT2D eigenvalue weighted by Gasteiger charge is -2.28. The van der Waals surface area contributed by atoms with Crippen molar-refractivity contribution >= 4 is 17.6 Å². The van der Waals surface area contributed by atoms with E-state index in [2.05, 4.69) is 0 Å². The minimum Gasteiger partial charge on any atom is -0.469 e. The molecular formula is C24H20FNO3. The molecule has 0 saturated carbocycles. The third-order valence-corrected chi connectivity index (χ3v) is 5.41. The molecule has 0 aromatic heterocycles. The summed E-state index contributed by atoms with van der Waals surface area (Å²) in [6.45, 7) is 0.212. The normalized spacial score (nSPS) is 17.9. The highest BCUT2D eigenvalue weighted by Gasteiger charge is 2.54. The predicted octanol–water partition coefficient (Wildman–Crippen LogP) is 4.22. The van der Waals surface area contributed by atoms with Gasteiger partial charge in [-0.05, 0) is 22.8 Å². The van der Waals surface area contributed by atoms with E-state index in [1.165, 1.54) is 18.1 Å². The molecule has 0 spiro atoms. The summed E-state index contributed by atoms with van der Waals surface area (Å²) in [4.78, 5) is 27.6. The molecule has 0 saturated heterocycles. The van der Waals surface area contributed by atoms with E-state index in [4.69, 9.17) is 4.74 Å². The largest absolute Gasteiger partial charge is 0.469 e. The number of hydrogen-bond donors (Lipinski definition) is 0. The quantitative estimate of drug-likeness (QED) is 0.614. The first-order valence-electron chi connectivity index (χ1n) is 9.35. The van der Waals surface area contributed by atoms with Crippen LogP contribution in [0.15, 0.2) is 78.9 Å². The number of esters is 1. The first kappa shape index (κ1) is 18.9. The van der Waals surface area contributed by atoms with Gasteiger partial charge in [0.15, 0.2) is 0 Å². The summed E-state index contributed by atoms with van der Waals surface area (Å²) >= 11 is 0. The summed E-state index contributed by atoms with van der Waals surface area (Å²) < 4.78 is 19.9. The van der Waals surface area contributed by atoms with Gasteiger partial charge in [-0.1, -0.05) is 72.8 Å². The van der Waals surface area contributed by atoms with E-state index in [0.29, 0.717) is 11.1 Å². The summed E-state index contributed by atoms with van der Waals surface area (Å²) in [5.74, 6) is -1.36. The number of hydrogen-bond acceptors (Lipinski definition) is 3. The summed E-state index contributed by atoms with van der Waals surface area (Å²) in [5.41, 5.74) is 0.875. The monoisotopic (exact) mass is 389 g/mol. The van der Waals surface area contributed by atoms with Crippen LogP contribution in [0, 0.1) is 5.82 Å². The Labute approximate surface area is 168 Å². The van der Waals surface area contributed by atoms with Crippen molar-refractivity contribution in [2.75, 3.05) is 12.0 Å². The Kier molecular flexibility index (Phi) is 4.89. The molecule has 0 N–H and O–H groups in total. The molecule has 4 rings (SSSR count). The predicted molar refractivity (Wildman–Crippen MR) is 108 cm³/mol. The van der Waals surface area contributed by atoms with E-state index in [-0.39, 0.29) is 24.6 Å². The lowest BCUT2D eigenvalue weighted by Crippen LogP contribution is -2.42. The molecule has 1 aliphatic heterocycles. The van der Waals surface area contributed by atoms with Crippen molar-refractivity contribution in [3.05, 3.63) is 101 Å². The van der Waals surface area contributed by atoms with Gasteiger partial charge in [0.25, 0.3) is 0 Å². The Balaban J connectivity index is 1.93. The minimum absolute atomic E-state index is 0.200. The Morgan fingerprint density at radius 3 is 2.28 bits per heavy atom. The van der Waals surface area contributed by atoms with Crippen LogP contribution in [0.1, 0.15) is 23.1 Å². The van der Waals surface area contributed by atoms with E-state index in [0.717, 1.165) is 5.56 Å². The molecule has 0 aliphatic carbocycles. The van der Waals surface area contributed by atoms with Crippen LogP contribution in [0.25, 0.3) is 0 Å². The van der Waals surface area contributed by atoms with Crippen molar-refractivity contribution in [2.45, 2.75) is 18.4 Å². The van der Waals surface area contributed by atoms with Crippen LogP contribution < -0.4 is 4.90 Å². The molecule has 0 radical (unpaired) electrons. The van der Waals surface area contributed by atoms with Gasteiger partial charge in [0.2, 0.25) is 5.91 Å². The average molecular weight is 389 g/mol. The molecule has 1 amide bonds. The Morgan fingerprint density at radius 2 is 1.62 bits per heavy atom. The molecule has 29 heavy (non-hydrogen) atoms. The maximum absolute atomic E-state index is 15.0. The number of para-hydroxylation sites is 1. The summed E-state index contributed by atoms with van der Waals surface area (Å²) in [7, 11) is 1.29. The number of nitrogens with zero attached hydrogens (tertiary/aromatic N) is 1. The smallest absolute Gasteiger partial charge is 0.307 e. The zero-order chi connectivity index (χ0) is 20.4. The minimum atomic E-state index is -1.33. The zero-order valence-corrected chi connectivity index (χ0v) is 16.0. The molecule has 1 heterocycles. The Hall–Kier alpha value is -3.47. The molecular weight excluding hydrogens is 369 g/mol. The van der Waals surface area contributed by atoms with Gasteiger partial charge in [0, 0.05) is 0 Å². The fourth-order valence-corrected chi connectivity index (χ4v) is 4.06. The van der Waals surface area contributed by atoms with Crippen molar-refractivity contribution in [1.82, 2.24) is 0 Å². The molecule has 3 aromatic rings. The number of methoxy groups -OCH3 is 1. The number of benzene rings is 3. The van der Waals surface area contributed by atoms with Gasteiger partial charge in [0.05, 0.1) is 25.8 Å². The number of fused-ring (bicyclic) bond motifs is 1. The standard InChI is InChI=1S/C24H20FNO3/c1-29-21(27)15-24(18-11-6-3-7-12-18)19-13-8-14-20(25)22(19)26(23(24)28)16-17-9-4-2-5-10-17/h2-14H,15-16H2,1H3/t24-/m0/s1. The topological polar surface area (TPSA) is 46.6 Å². The van der Waals surface area contributed by atoms with Crippen molar-refractivity contribution in [2.24, 2.45) is 0 Å². The first-order chi connectivity index (χ1) is 14.1. The van der Waals surface area contributed by atoms with Crippen LogP contribution >= 0.6 is 0 Å². The summed E-state index contributed by atoms with van der Waals surface area (Å²) in [6.07, 6.45) is -0.200. The van der Waals surface area contributed by atoms with Crippen LogP contribution in [-0.4, -0.2) is 19.0 Å². The van der Waals surface area contributed by atoms with Crippen molar-refractivity contribution < 1.29 is 18.7 Å². The molecule has 1 atom stereocenters. The van der Waals surface area contributed by atoms with Gasteiger partial charge < -0.3 is 9.64 Å². The molecule has 1 aliphatic rings. The Morgan fingerprint density at radius 1 is 0.966 bits per heavy atom. The van der Waals surface area contributed by atoms with Gasteiger partial charge >= 0.3 is 5.97 Å². The summed E-state index contributed by atoms with van der Waals surface area (Å²) in [6, 6.07) is 23.1. The number of amides is 1. The maximum Gasteiger partial charge on any atom is 0.307 e. The van der Waals surface area contributed by atoms with E-state index < -0.39 is 17.2 Å². The average Bonchev–Trinajstić information content (AvgIpc) is 2.99. The molecule has 5 heteroatoms. The van der Waals surface area contributed by atoms with Gasteiger partial charge in [-0.3, -0.25) is 9.59 Å². The second-order valence-electron chi connectivity index (χ2n) is 7.04. The van der Waals surface area contributed by atoms with Gasteiger partial charge in [-0.2, -0.15) is 0 Å². The van der Waals surface area contributed by atoms with Crippen molar-refractivity contribution in [3.8, 4) is 0 Å². The summed E-state index contributed by atoms with van der Waals surface area (Å²) in [5, 5.41) is 0. The number of ether oxygens (including phenoxy) is 1. The highest BCUT2D eigenvalue weighted by atomic mass is 19.1. The highest BCUT2D eigenvalue weighted by Crippen LogP contribution is 2.50. The van der Waals surface area contributed by atoms with Crippen LogP contribution in [0.3, 0.4) is 0 Å². The van der Waals surface area contributed by atoms with Crippen molar-refractivity contribution in [3.63, 3.8) is 0 Å². The van der Waals surface area contributed by atoms with Crippen LogP contribution in [0.4, 0.5) is 10.1 Å². The molecule has 0 unspecified atom stereocenters. The zero-order valence-electron chi connectivity index (χ0n) is 16.0. The van der Waals surface area contributed by atoms with E-state index in [1.807, 2.05) is 36.4 Å². The number of anilines is 1. The lowest BCUT2D eigenvalue weighted by atomic mass is 9.73. The molecule has 4 nitrogen and oxygen atoms in total. The molecule has 146 valence electrons. The highest BCUT2D eigenvalue weighted by molar-refractivity contribution is 6.12.